The first-order valence-electron chi connectivity index (χ1n) is 4.45. The highest BCUT2D eigenvalue weighted by atomic mass is 16.1. The van der Waals surface area contributed by atoms with Gasteiger partial charge in [-0.1, -0.05) is 0 Å². The van der Waals surface area contributed by atoms with E-state index in [4.69, 9.17) is 5.73 Å². The fourth-order valence-corrected chi connectivity index (χ4v) is 1.59. The van der Waals surface area contributed by atoms with Gasteiger partial charge < -0.3 is 10.3 Å². The van der Waals surface area contributed by atoms with Crippen LogP contribution in [0.3, 0.4) is 0 Å². The van der Waals surface area contributed by atoms with Crippen LogP contribution in [0, 0.1) is 6.92 Å². The van der Waals surface area contributed by atoms with E-state index in [0.717, 1.165) is 11.2 Å². The van der Waals surface area contributed by atoms with E-state index in [1.165, 1.54) is 0 Å². The average Bonchev–Trinajstić information content (AvgIpc) is 2.14. The lowest BCUT2D eigenvalue weighted by molar-refractivity contribution is 0.898. The van der Waals surface area contributed by atoms with Crippen LogP contribution in [0.1, 0.15) is 5.69 Å². The summed E-state index contributed by atoms with van der Waals surface area (Å²) in [5, 5.41) is 0.715. The zero-order valence-electron chi connectivity index (χ0n) is 8.24. The molecule has 2 rings (SSSR count). The van der Waals surface area contributed by atoms with Gasteiger partial charge in [0.2, 0.25) is 0 Å². The second kappa shape index (κ2) is 2.87. The maximum Gasteiger partial charge on any atom is 0.189 e. The Morgan fingerprint density at radius 3 is 2.71 bits per heavy atom. The minimum absolute atomic E-state index is 0.0515. The van der Waals surface area contributed by atoms with Crippen LogP contribution in [-0.2, 0) is 7.05 Å². The topological polar surface area (TPSA) is 48.0 Å². The van der Waals surface area contributed by atoms with Crippen LogP contribution in [0.4, 0.5) is 5.69 Å². The standard InChI is InChI=1S/C11H12N2O/c1-7-5-11(14)9-4-3-8(12)6-10(9)13(7)2/h3-6H,12H2,1-2H3. The Hall–Kier alpha value is -1.77. The van der Waals surface area contributed by atoms with E-state index < -0.39 is 0 Å². The lowest BCUT2D eigenvalue weighted by Crippen LogP contribution is -2.09. The molecule has 2 N–H and O–H groups in total. The zero-order chi connectivity index (χ0) is 10.3. The van der Waals surface area contributed by atoms with Crippen molar-refractivity contribution in [3.63, 3.8) is 0 Å². The van der Waals surface area contributed by atoms with E-state index in [9.17, 15) is 4.79 Å². The maximum absolute atomic E-state index is 11.6. The summed E-state index contributed by atoms with van der Waals surface area (Å²) in [4.78, 5) is 11.6. The highest BCUT2D eigenvalue weighted by molar-refractivity contribution is 5.82. The van der Waals surface area contributed by atoms with Crippen molar-refractivity contribution in [3.05, 3.63) is 40.2 Å². The first-order valence-corrected chi connectivity index (χ1v) is 4.45. The summed E-state index contributed by atoms with van der Waals surface area (Å²) in [6.45, 7) is 1.91. The van der Waals surface area contributed by atoms with E-state index >= 15 is 0 Å². The molecule has 3 heteroatoms. The quantitative estimate of drug-likeness (QED) is 0.636. The van der Waals surface area contributed by atoms with Gasteiger partial charge in [0.05, 0.1) is 5.52 Å². The highest BCUT2D eigenvalue weighted by Crippen LogP contribution is 2.14. The van der Waals surface area contributed by atoms with Gasteiger partial charge in [0.15, 0.2) is 5.43 Å². The first-order chi connectivity index (χ1) is 6.59. The molecule has 72 valence electrons. The third-order valence-corrected chi connectivity index (χ3v) is 2.52. The van der Waals surface area contributed by atoms with E-state index in [0.29, 0.717) is 11.1 Å². The molecule has 0 unspecified atom stereocenters. The highest BCUT2D eigenvalue weighted by Gasteiger charge is 2.03. The Balaban J connectivity index is 3.03. The molecule has 1 aromatic carbocycles. The van der Waals surface area contributed by atoms with Gasteiger partial charge in [-0.25, -0.2) is 0 Å². The monoisotopic (exact) mass is 188 g/mol. The SMILES string of the molecule is Cc1cc(=O)c2ccc(N)cc2n1C. The van der Waals surface area contributed by atoms with Crippen molar-refractivity contribution in [2.75, 3.05) is 5.73 Å². The molecular formula is C11H12N2O. The predicted molar refractivity (Wildman–Crippen MR) is 58.3 cm³/mol. The van der Waals surface area contributed by atoms with Crippen LogP contribution in [0.5, 0.6) is 0 Å². The van der Waals surface area contributed by atoms with E-state index in [1.807, 2.05) is 24.6 Å². The second-order valence-electron chi connectivity index (χ2n) is 3.49. The van der Waals surface area contributed by atoms with Gasteiger partial charge in [-0.05, 0) is 25.1 Å². The number of fused-ring (bicyclic) bond motifs is 1. The molecule has 2 aromatic rings. The number of benzene rings is 1. The van der Waals surface area contributed by atoms with Crippen molar-refractivity contribution in [2.45, 2.75) is 6.92 Å². The van der Waals surface area contributed by atoms with Gasteiger partial charge in [0.25, 0.3) is 0 Å². The van der Waals surface area contributed by atoms with E-state index in [1.54, 1.807) is 18.2 Å². The molecule has 0 radical (unpaired) electrons. The molecule has 3 nitrogen and oxygen atoms in total. The second-order valence-corrected chi connectivity index (χ2v) is 3.49. The molecule has 14 heavy (non-hydrogen) atoms. The summed E-state index contributed by atoms with van der Waals surface area (Å²) < 4.78 is 1.97. The Morgan fingerprint density at radius 1 is 1.29 bits per heavy atom. The van der Waals surface area contributed by atoms with Gasteiger partial charge in [-0.15, -0.1) is 0 Å². The van der Waals surface area contributed by atoms with Crippen molar-refractivity contribution in [2.24, 2.45) is 7.05 Å². The molecule has 0 saturated heterocycles. The number of hydrogen-bond acceptors (Lipinski definition) is 2. The number of aromatic nitrogens is 1. The molecule has 0 saturated carbocycles. The normalized spacial score (nSPS) is 10.7. The molecule has 1 aromatic heterocycles. The Bertz CT molecular complexity index is 555. The van der Waals surface area contributed by atoms with Crippen molar-refractivity contribution in [3.8, 4) is 0 Å². The molecule has 0 spiro atoms. The van der Waals surface area contributed by atoms with Crippen molar-refractivity contribution in [1.82, 2.24) is 4.57 Å². The molecule has 0 aliphatic heterocycles. The maximum atomic E-state index is 11.6. The van der Waals surface area contributed by atoms with Crippen LogP contribution < -0.4 is 11.2 Å². The minimum Gasteiger partial charge on any atom is -0.399 e. The number of rotatable bonds is 0. The number of nitrogen functional groups attached to an aromatic ring is 1. The van der Waals surface area contributed by atoms with Gasteiger partial charge in [-0.2, -0.15) is 0 Å². The summed E-state index contributed by atoms with van der Waals surface area (Å²) in [6, 6.07) is 6.98. The van der Waals surface area contributed by atoms with Gasteiger partial charge >= 0.3 is 0 Å². The number of nitrogens with zero attached hydrogens (tertiary/aromatic N) is 1. The van der Waals surface area contributed by atoms with E-state index in [-0.39, 0.29) is 5.43 Å². The van der Waals surface area contributed by atoms with Crippen molar-refractivity contribution in [1.29, 1.82) is 0 Å². The summed E-state index contributed by atoms with van der Waals surface area (Å²) in [5.41, 5.74) is 8.23. The van der Waals surface area contributed by atoms with Crippen LogP contribution in [0.25, 0.3) is 10.9 Å². The van der Waals surface area contributed by atoms with Crippen molar-refractivity contribution < 1.29 is 0 Å². The Kier molecular flexibility index (Phi) is 1.81. The Morgan fingerprint density at radius 2 is 2.00 bits per heavy atom. The average molecular weight is 188 g/mol. The molecule has 0 aliphatic carbocycles. The minimum atomic E-state index is 0.0515. The fourth-order valence-electron chi connectivity index (χ4n) is 1.59. The fraction of sp³-hybridized carbons (Fsp3) is 0.182. The molecule has 0 bridgehead atoms. The molecule has 0 amide bonds. The largest absolute Gasteiger partial charge is 0.399 e. The number of anilines is 1. The van der Waals surface area contributed by atoms with Crippen LogP contribution in [0.2, 0.25) is 0 Å². The lowest BCUT2D eigenvalue weighted by Gasteiger charge is -2.08. The summed E-state index contributed by atoms with van der Waals surface area (Å²) in [6.07, 6.45) is 0. The first kappa shape index (κ1) is 8.81. The summed E-state index contributed by atoms with van der Waals surface area (Å²) in [5.74, 6) is 0. The molecule has 0 atom stereocenters. The van der Waals surface area contributed by atoms with Gasteiger partial charge in [0, 0.05) is 29.9 Å². The van der Waals surface area contributed by atoms with Gasteiger partial charge in [0.1, 0.15) is 0 Å². The zero-order valence-corrected chi connectivity index (χ0v) is 8.24. The number of nitrogens with two attached hydrogens (primary N) is 1. The summed E-state index contributed by atoms with van der Waals surface area (Å²) >= 11 is 0. The van der Waals surface area contributed by atoms with E-state index in [2.05, 4.69) is 0 Å². The molecule has 1 heterocycles. The number of hydrogen-bond donors (Lipinski definition) is 1. The lowest BCUT2D eigenvalue weighted by atomic mass is 10.1. The summed E-state index contributed by atoms with van der Waals surface area (Å²) in [7, 11) is 1.93. The number of aryl methyl sites for hydroxylation is 2. The van der Waals surface area contributed by atoms with Crippen LogP contribution in [0.15, 0.2) is 29.1 Å². The molecule has 0 aliphatic rings. The third-order valence-electron chi connectivity index (χ3n) is 2.52. The van der Waals surface area contributed by atoms with Gasteiger partial charge in [-0.3, -0.25) is 4.79 Å². The number of pyridine rings is 1. The Labute approximate surface area is 81.8 Å². The van der Waals surface area contributed by atoms with Crippen LogP contribution >= 0.6 is 0 Å². The van der Waals surface area contributed by atoms with Crippen molar-refractivity contribution >= 4 is 16.6 Å². The predicted octanol–water partition coefficient (Wildman–Crippen LogP) is 1.43. The molecule has 0 fully saturated rings. The smallest absolute Gasteiger partial charge is 0.189 e. The third kappa shape index (κ3) is 1.18. The van der Waals surface area contributed by atoms with Crippen LogP contribution in [-0.4, -0.2) is 4.57 Å². The molecular weight excluding hydrogens is 176 g/mol.